The van der Waals surface area contributed by atoms with Crippen LogP contribution in [-0.4, -0.2) is 67.0 Å². The van der Waals surface area contributed by atoms with Crippen molar-refractivity contribution in [2.24, 2.45) is 0 Å². The molecule has 0 radical (unpaired) electrons. The van der Waals surface area contributed by atoms with E-state index < -0.39 is 10.0 Å². The standard InChI is InChI=1S/C11H24N2OS/c1-12(2)11(7-8-11)10(14)13(3)9-15(4,5)6/h7-9H2,1-6H3. The van der Waals surface area contributed by atoms with Gasteiger partial charge < -0.3 is 4.90 Å². The molecule has 0 bridgehead atoms. The Morgan fingerprint density at radius 3 is 1.93 bits per heavy atom. The van der Waals surface area contributed by atoms with Crippen LogP contribution >= 0.6 is 10.0 Å². The number of rotatable bonds is 4. The van der Waals surface area contributed by atoms with Gasteiger partial charge >= 0.3 is 0 Å². The SMILES string of the molecule is CN(CS(C)(C)C)C(=O)C1(N(C)C)CC1. The van der Waals surface area contributed by atoms with Crippen LogP contribution in [0.25, 0.3) is 0 Å². The highest BCUT2D eigenvalue weighted by Gasteiger charge is 2.53. The summed E-state index contributed by atoms with van der Waals surface area (Å²) in [5.41, 5.74) is -0.167. The van der Waals surface area contributed by atoms with Crippen molar-refractivity contribution in [2.45, 2.75) is 18.4 Å². The van der Waals surface area contributed by atoms with Gasteiger partial charge in [0.1, 0.15) is 5.54 Å². The van der Waals surface area contributed by atoms with Crippen molar-refractivity contribution in [2.75, 3.05) is 45.8 Å². The fraction of sp³-hybridized carbons (Fsp3) is 0.909. The quantitative estimate of drug-likeness (QED) is 0.727. The third kappa shape index (κ3) is 2.88. The van der Waals surface area contributed by atoms with Crippen molar-refractivity contribution >= 4 is 15.9 Å². The van der Waals surface area contributed by atoms with Gasteiger partial charge in [0.15, 0.2) is 0 Å². The normalized spacial score (nSPS) is 20.2. The number of amides is 1. The van der Waals surface area contributed by atoms with E-state index in [1.807, 2.05) is 26.0 Å². The van der Waals surface area contributed by atoms with Crippen LogP contribution in [0.2, 0.25) is 0 Å². The van der Waals surface area contributed by atoms with E-state index in [9.17, 15) is 4.79 Å². The molecule has 1 amide bonds. The van der Waals surface area contributed by atoms with E-state index in [0.717, 1.165) is 18.7 Å². The molecule has 15 heavy (non-hydrogen) atoms. The highest BCUT2D eigenvalue weighted by atomic mass is 32.3. The largest absolute Gasteiger partial charge is 0.336 e. The van der Waals surface area contributed by atoms with Gasteiger partial charge in [0, 0.05) is 7.05 Å². The summed E-state index contributed by atoms with van der Waals surface area (Å²) in [7, 11) is 5.30. The zero-order valence-electron chi connectivity index (χ0n) is 10.8. The van der Waals surface area contributed by atoms with E-state index in [-0.39, 0.29) is 5.54 Å². The second-order valence-corrected chi connectivity index (χ2v) is 10.1. The van der Waals surface area contributed by atoms with Gasteiger partial charge in [0.05, 0.1) is 5.88 Å². The number of hydrogen-bond acceptors (Lipinski definition) is 2. The Labute approximate surface area is 95.1 Å². The van der Waals surface area contributed by atoms with E-state index in [2.05, 4.69) is 23.7 Å². The van der Waals surface area contributed by atoms with Crippen LogP contribution in [0.15, 0.2) is 0 Å². The molecular weight excluding hydrogens is 208 g/mol. The van der Waals surface area contributed by atoms with Crippen molar-refractivity contribution in [1.82, 2.24) is 9.80 Å². The van der Waals surface area contributed by atoms with Crippen LogP contribution in [0.5, 0.6) is 0 Å². The minimum atomic E-state index is -0.640. The van der Waals surface area contributed by atoms with E-state index >= 15 is 0 Å². The van der Waals surface area contributed by atoms with Gasteiger partial charge in [0.2, 0.25) is 5.91 Å². The third-order valence-electron chi connectivity index (χ3n) is 2.91. The van der Waals surface area contributed by atoms with E-state index in [1.54, 1.807) is 0 Å². The van der Waals surface area contributed by atoms with Crippen LogP contribution in [0, 0.1) is 0 Å². The van der Waals surface area contributed by atoms with Gasteiger partial charge in [0.25, 0.3) is 0 Å². The first-order chi connectivity index (χ1) is 6.69. The van der Waals surface area contributed by atoms with Crippen LogP contribution in [0.4, 0.5) is 0 Å². The molecule has 1 aliphatic rings. The smallest absolute Gasteiger partial charge is 0.243 e. The Morgan fingerprint density at radius 1 is 1.20 bits per heavy atom. The fourth-order valence-corrected chi connectivity index (χ4v) is 3.24. The molecule has 1 fully saturated rings. The maximum absolute atomic E-state index is 12.2. The predicted molar refractivity (Wildman–Crippen MR) is 68.7 cm³/mol. The molecule has 4 heteroatoms. The van der Waals surface area contributed by atoms with Gasteiger partial charge in [-0.3, -0.25) is 9.69 Å². The maximum atomic E-state index is 12.2. The van der Waals surface area contributed by atoms with Crippen molar-refractivity contribution in [3.05, 3.63) is 0 Å². The molecule has 0 spiro atoms. The van der Waals surface area contributed by atoms with Gasteiger partial charge in [-0.15, -0.1) is 0 Å². The molecule has 0 heterocycles. The van der Waals surface area contributed by atoms with Gasteiger partial charge in [-0.05, 0) is 45.7 Å². The number of hydrogen-bond donors (Lipinski definition) is 0. The molecule has 3 nitrogen and oxygen atoms in total. The zero-order chi connectivity index (χ0) is 11.9. The Balaban J connectivity index is 2.62. The minimum Gasteiger partial charge on any atom is -0.336 e. The molecule has 90 valence electrons. The highest BCUT2D eigenvalue weighted by molar-refractivity contribution is 8.32. The molecule has 0 atom stereocenters. The topological polar surface area (TPSA) is 23.6 Å². The molecule has 0 unspecified atom stereocenters. The summed E-state index contributed by atoms with van der Waals surface area (Å²) in [6, 6.07) is 0. The molecule has 0 aromatic rings. The first-order valence-corrected chi connectivity index (χ1v) is 8.31. The monoisotopic (exact) mass is 232 g/mol. The first kappa shape index (κ1) is 12.8. The molecule has 0 saturated heterocycles. The second-order valence-electron chi connectivity index (χ2n) is 5.65. The maximum Gasteiger partial charge on any atom is 0.243 e. The summed E-state index contributed by atoms with van der Waals surface area (Å²) >= 11 is 0. The average Bonchev–Trinajstić information content (AvgIpc) is 2.79. The summed E-state index contributed by atoms with van der Waals surface area (Å²) in [5, 5.41) is 0. The molecule has 0 N–H and O–H groups in total. The van der Waals surface area contributed by atoms with Crippen LogP contribution in [0.1, 0.15) is 12.8 Å². The molecule has 0 aliphatic heterocycles. The Hall–Kier alpha value is -0.220. The van der Waals surface area contributed by atoms with Gasteiger partial charge in [-0.1, -0.05) is 0 Å². The lowest BCUT2D eigenvalue weighted by atomic mass is 10.2. The fourth-order valence-electron chi connectivity index (χ4n) is 1.97. The lowest BCUT2D eigenvalue weighted by Crippen LogP contribution is -2.47. The predicted octanol–water partition coefficient (Wildman–Crippen LogP) is 1.19. The number of carbonyl (C=O) groups is 1. The molecule has 1 aliphatic carbocycles. The van der Waals surface area contributed by atoms with Crippen LogP contribution in [0.3, 0.4) is 0 Å². The van der Waals surface area contributed by atoms with Crippen molar-refractivity contribution < 1.29 is 4.79 Å². The average molecular weight is 232 g/mol. The summed E-state index contributed by atoms with van der Waals surface area (Å²) in [5.74, 6) is 1.21. The molecule has 1 saturated carbocycles. The van der Waals surface area contributed by atoms with Gasteiger partial charge in [-0.25, -0.2) is 10.0 Å². The lowest BCUT2D eigenvalue weighted by Gasteiger charge is -2.35. The van der Waals surface area contributed by atoms with Crippen LogP contribution < -0.4 is 0 Å². The summed E-state index contributed by atoms with van der Waals surface area (Å²) in [4.78, 5) is 16.2. The summed E-state index contributed by atoms with van der Waals surface area (Å²) in [6.07, 6.45) is 8.76. The Kier molecular flexibility index (Phi) is 3.41. The van der Waals surface area contributed by atoms with Crippen LogP contribution in [-0.2, 0) is 4.79 Å². The number of likely N-dealkylation sites (N-methyl/N-ethyl adjacent to an activating group) is 2. The lowest BCUT2D eigenvalue weighted by molar-refractivity contribution is -0.135. The van der Waals surface area contributed by atoms with Gasteiger partial charge in [-0.2, -0.15) is 0 Å². The van der Waals surface area contributed by atoms with E-state index in [0.29, 0.717) is 5.91 Å². The number of nitrogens with zero attached hydrogens (tertiary/aromatic N) is 2. The molecule has 1 rings (SSSR count). The minimum absolute atomic E-state index is 0.167. The van der Waals surface area contributed by atoms with E-state index in [4.69, 9.17) is 0 Å². The summed E-state index contributed by atoms with van der Waals surface area (Å²) < 4.78 is 0. The second kappa shape index (κ2) is 3.98. The Morgan fingerprint density at radius 2 is 1.67 bits per heavy atom. The zero-order valence-corrected chi connectivity index (χ0v) is 11.6. The Bertz CT molecular complexity index is 254. The number of carbonyl (C=O) groups excluding carboxylic acids is 1. The third-order valence-corrected chi connectivity index (χ3v) is 4.07. The van der Waals surface area contributed by atoms with Crippen molar-refractivity contribution in [1.29, 1.82) is 0 Å². The summed E-state index contributed by atoms with van der Waals surface area (Å²) in [6.45, 7) is 0. The molecule has 0 aromatic heterocycles. The molecule has 0 aromatic carbocycles. The first-order valence-electron chi connectivity index (χ1n) is 5.28. The van der Waals surface area contributed by atoms with Crippen molar-refractivity contribution in [3.8, 4) is 0 Å². The molecular formula is C11H24N2OS. The highest BCUT2D eigenvalue weighted by Crippen LogP contribution is 2.43. The van der Waals surface area contributed by atoms with Crippen molar-refractivity contribution in [3.63, 3.8) is 0 Å². The van der Waals surface area contributed by atoms with E-state index in [1.165, 1.54) is 0 Å².